The first-order valence-electron chi connectivity index (χ1n) is 5.79. The van der Waals surface area contributed by atoms with Gasteiger partial charge >= 0.3 is 0 Å². The van der Waals surface area contributed by atoms with Gasteiger partial charge in [0.05, 0.1) is 12.1 Å². The number of carbonyl (C=O) groups excluding carboxylic acids is 1. The molecule has 0 aliphatic rings. The zero-order valence-corrected chi connectivity index (χ0v) is 12.4. The van der Waals surface area contributed by atoms with E-state index in [9.17, 15) is 4.79 Å². The molecule has 2 aromatic heterocycles. The number of carbonyl (C=O) groups is 1. The van der Waals surface area contributed by atoms with Crippen LogP contribution in [0.4, 0.5) is 5.95 Å². The van der Waals surface area contributed by atoms with Crippen LogP contribution in [0.2, 0.25) is 10.2 Å². The van der Waals surface area contributed by atoms with Gasteiger partial charge < -0.3 is 9.30 Å². The molecular weight excluding hydrogens is 303 g/mol. The van der Waals surface area contributed by atoms with Crippen molar-refractivity contribution in [1.29, 1.82) is 0 Å². The normalized spacial score (nSPS) is 10.4. The summed E-state index contributed by atoms with van der Waals surface area (Å²) >= 11 is 11.7. The smallest absolute Gasteiger partial charge is 0.274 e. The number of hydrogen-bond acceptors (Lipinski definition) is 4. The molecule has 0 radical (unpaired) electrons. The largest absolute Gasteiger partial charge is 0.481 e. The van der Waals surface area contributed by atoms with Crippen LogP contribution in [-0.2, 0) is 6.54 Å². The predicted molar refractivity (Wildman–Crippen MR) is 76.7 cm³/mol. The quantitative estimate of drug-likeness (QED) is 0.881. The highest BCUT2D eigenvalue weighted by Crippen LogP contribution is 2.18. The summed E-state index contributed by atoms with van der Waals surface area (Å²) in [6.45, 7) is 2.53. The summed E-state index contributed by atoms with van der Waals surface area (Å²) in [6, 6.07) is 3.02. The van der Waals surface area contributed by atoms with Gasteiger partial charge in [-0.2, -0.15) is 4.98 Å². The first-order chi connectivity index (χ1) is 9.53. The van der Waals surface area contributed by atoms with Crippen LogP contribution in [0.15, 0.2) is 18.3 Å². The second-order valence-corrected chi connectivity index (χ2v) is 4.66. The Morgan fingerprint density at radius 1 is 1.40 bits per heavy atom. The number of anilines is 1. The van der Waals surface area contributed by atoms with Crippen molar-refractivity contribution in [2.24, 2.45) is 0 Å². The Bertz CT molecular complexity index is 642. The van der Waals surface area contributed by atoms with E-state index in [1.54, 1.807) is 16.8 Å². The maximum Gasteiger partial charge on any atom is 0.274 e. The van der Waals surface area contributed by atoms with E-state index in [0.717, 1.165) is 0 Å². The molecule has 6 nitrogen and oxygen atoms in total. The van der Waals surface area contributed by atoms with Gasteiger partial charge in [0.2, 0.25) is 11.8 Å². The molecule has 0 aromatic carbocycles. The molecule has 1 amide bonds. The second kappa shape index (κ2) is 6.11. The molecule has 8 heteroatoms. The lowest BCUT2D eigenvalue weighted by molar-refractivity contribution is 0.101. The first kappa shape index (κ1) is 14.6. The molecule has 0 unspecified atom stereocenters. The molecule has 0 fully saturated rings. The lowest BCUT2D eigenvalue weighted by Crippen LogP contribution is -2.18. The van der Waals surface area contributed by atoms with Crippen LogP contribution in [0.1, 0.15) is 17.4 Å². The maximum atomic E-state index is 12.2. The van der Waals surface area contributed by atoms with Crippen molar-refractivity contribution >= 4 is 35.1 Å². The minimum absolute atomic E-state index is 0.0688. The van der Waals surface area contributed by atoms with Crippen molar-refractivity contribution in [1.82, 2.24) is 14.5 Å². The van der Waals surface area contributed by atoms with Gasteiger partial charge in [0.25, 0.3) is 5.91 Å². The van der Waals surface area contributed by atoms with Crippen LogP contribution in [-0.4, -0.2) is 27.6 Å². The van der Waals surface area contributed by atoms with Crippen molar-refractivity contribution in [3.8, 4) is 5.88 Å². The number of methoxy groups -OCH3 is 1. The molecule has 106 valence electrons. The molecule has 0 bridgehead atoms. The van der Waals surface area contributed by atoms with E-state index in [0.29, 0.717) is 17.3 Å². The number of rotatable bonds is 4. The van der Waals surface area contributed by atoms with Gasteiger partial charge in [0, 0.05) is 18.8 Å². The lowest BCUT2D eigenvalue weighted by atomic mass is 10.4. The van der Waals surface area contributed by atoms with Crippen LogP contribution in [0.5, 0.6) is 5.88 Å². The third-order valence-corrected chi connectivity index (χ3v) is 2.94. The van der Waals surface area contributed by atoms with Gasteiger partial charge in [-0.3, -0.25) is 10.1 Å². The molecule has 0 atom stereocenters. The lowest BCUT2D eigenvalue weighted by Gasteiger charge is -2.07. The van der Waals surface area contributed by atoms with E-state index < -0.39 is 0 Å². The Labute approximate surface area is 125 Å². The van der Waals surface area contributed by atoms with Crippen LogP contribution >= 0.6 is 23.2 Å². The standard InChI is InChI=1S/C12H12Cl2N4O2/c1-3-18-6-7(13)4-8(18)11(19)17-12-15-9(14)5-10(16-12)20-2/h4-6H,3H2,1-2H3,(H,15,16,17,19). The highest BCUT2D eigenvalue weighted by molar-refractivity contribution is 6.31. The summed E-state index contributed by atoms with van der Waals surface area (Å²) in [5.41, 5.74) is 0.417. The fourth-order valence-electron chi connectivity index (χ4n) is 1.65. The van der Waals surface area contributed by atoms with Gasteiger partial charge in [0.15, 0.2) is 0 Å². The van der Waals surface area contributed by atoms with Crippen molar-refractivity contribution in [3.05, 3.63) is 34.2 Å². The van der Waals surface area contributed by atoms with Crippen molar-refractivity contribution in [2.45, 2.75) is 13.5 Å². The first-order valence-corrected chi connectivity index (χ1v) is 6.54. The van der Waals surface area contributed by atoms with Gasteiger partial charge in [-0.05, 0) is 13.0 Å². The number of hydrogen-bond donors (Lipinski definition) is 1. The molecule has 20 heavy (non-hydrogen) atoms. The van der Waals surface area contributed by atoms with Crippen LogP contribution in [0.25, 0.3) is 0 Å². The average Bonchev–Trinajstić information content (AvgIpc) is 2.79. The van der Waals surface area contributed by atoms with E-state index in [2.05, 4.69) is 15.3 Å². The van der Waals surface area contributed by atoms with Crippen LogP contribution in [0.3, 0.4) is 0 Å². The van der Waals surface area contributed by atoms with Crippen molar-refractivity contribution in [2.75, 3.05) is 12.4 Å². The molecule has 2 aromatic rings. The Morgan fingerprint density at radius 3 is 2.80 bits per heavy atom. The number of amides is 1. The Hall–Kier alpha value is -1.79. The molecule has 2 rings (SSSR count). The summed E-state index contributed by atoms with van der Waals surface area (Å²) in [4.78, 5) is 20.1. The molecular formula is C12H12Cl2N4O2. The second-order valence-electron chi connectivity index (χ2n) is 3.84. The van der Waals surface area contributed by atoms with Crippen molar-refractivity contribution < 1.29 is 9.53 Å². The molecule has 0 spiro atoms. The third-order valence-electron chi connectivity index (χ3n) is 2.54. The summed E-state index contributed by atoms with van der Waals surface area (Å²) in [7, 11) is 1.45. The minimum Gasteiger partial charge on any atom is -0.481 e. The summed E-state index contributed by atoms with van der Waals surface area (Å²) in [6.07, 6.45) is 1.68. The summed E-state index contributed by atoms with van der Waals surface area (Å²) in [5, 5.41) is 3.22. The number of ether oxygens (including phenoxy) is 1. The van der Waals surface area contributed by atoms with E-state index >= 15 is 0 Å². The van der Waals surface area contributed by atoms with Gasteiger partial charge in [-0.1, -0.05) is 23.2 Å². The zero-order chi connectivity index (χ0) is 14.7. The van der Waals surface area contributed by atoms with E-state index in [-0.39, 0.29) is 22.9 Å². The molecule has 2 heterocycles. The zero-order valence-electron chi connectivity index (χ0n) is 10.9. The monoisotopic (exact) mass is 314 g/mol. The van der Waals surface area contributed by atoms with E-state index in [1.165, 1.54) is 13.2 Å². The highest BCUT2D eigenvalue weighted by atomic mass is 35.5. The molecule has 1 N–H and O–H groups in total. The van der Waals surface area contributed by atoms with Gasteiger partial charge in [0.1, 0.15) is 10.8 Å². The SMILES string of the molecule is CCn1cc(Cl)cc1C(=O)Nc1nc(Cl)cc(OC)n1. The fraction of sp³-hybridized carbons (Fsp3) is 0.250. The Morgan fingerprint density at radius 2 is 2.15 bits per heavy atom. The predicted octanol–water partition coefficient (Wildman–Crippen LogP) is 2.87. The Kier molecular flexibility index (Phi) is 4.46. The van der Waals surface area contributed by atoms with E-state index in [4.69, 9.17) is 27.9 Å². The number of aryl methyl sites for hydroxylation is 1. The highest BCUT2D eigenvalue weighted by Gasteiger charge is 2.14. The van der Waals surface area contributed by atoms with E-state index in [1.807, 2.05) is 6.92 Å². The fourth-order valence-corrected chi connectivity index (χ4v) is 2.04. The summed E-state index contributed by atoms with van der Waals surface area (Å²) < 4.78 is 6.68. The topological polar surface area (TPSA) is 69.0 Å². The number of nitrogens with zero attached hydrogens (tertiary/aromatic N) is 3. The summed E-state index contributed by atoms with van der Waals surface area (Å²) in [5.74, 6) is -0.0356. The molecule has 0 aliphatic heterocycles. The van der Waals surface area contributed by atoms with Crippen LogP contribution in [0, 0.1) is 0 Å². The van der Waals surface area contributed by atoms with Crippen molar-refractivity contribution in [3.63, 3.8) is 0 Å². The molecule has 0 saturated carbocycles. The minimum atomic E-state index is -0.372. The van der Waals surface area contributed by atoms with Crippen LogP contribution < -0.4 is 10.1 Å². The Balaban J connectivity index is 2.25. The maximum absolute atomic E-state index is 12.2. The molecule has 0 saturated heterocycles. The number of halogens is 2. The number of aromatic nitrogens is 3. The van der Waals surface area contributed by atoms with Gasteiger partial charge in [-0.25, -0.2) is 4.98 Å². The average molecular weight is 315 g/mol. The van der Waals surface area contributed by atoms with Gasteiger partial charge in [-0.15, -0.1) is 0 Å². The molecule has 0 aliphatic carbocycles. The number of nitrogens with one attached hydrogen (secondary N) is 1. The third kappa shape index (κ3) is 3.20.